The van der Waals surface area contributed by atoms with Gasteiger partial charge in [0.25, 0.3) is 17.3 Å². The van der Waals surface area contributed by atoms with E-state index < -0.39 is 27.1 Å². The lowest BCUT2D eigenvalue weighted by Crippen LogP contribution is -2.14. The molecule has 0 atom stereocenters. The van der Waals surface area contributed by atoms with Crippen LogP contribution in [0.15, 0.2) is 52.9 Å². The van der Waals surface area contributed by atoms with Crippen LogP contribution in [0.3, 0.4) is 0 Å². The molecule has 1 aromatic heterocycles. The summed E-state index contributed by atoms with van der Waals surface area (Å²) in [6, 6.07) is 10.7. The predicted octanol–water partition coefficient (Wildman–Crippen LogP) is 4.89. The standard InChI is InChI=1S/C22H16N4O7/c1-11-7-12(2)20-17(8-11)24-22(33-20)16-5-3-13(9-19(16)27)23-21(28)15-6-4-14(25(29)30)10-18(15)26(31)32/h3-10,27H,1-2H3,(H,23,28). The van der Waals surface area contributed by atoms with Crippen molar-refractivity contribution in [2.24, 2.45) is 0 Å². The molecular formula is C22H16N4O7. The highest BCUT2D eigenvalue weighted by molar-refractivity contribution is 6.07. The maximum atomic E-state index is 12.6. The molecule has 0 radical (unpaired) electrons. The molecule has 33 heavy (non-hydrogen) atoms. The summed E-state index contributed by atoms with van der Waals surface area (Å²) < 4.78 is 5.80. The molecule has 1 heterocycles. The van der Waals surface area contributed by atoms with E-state index in [2.05, 4.69) is 10.3 Å². The lowest BCUT2D eigenvalue weighted by molar-refractivity contribution is -0.394. The van der Waals surface area contributed by atoms with Crippen LogP contribution in [0.2, 0.25) is 0 Å². The highest BCUT2D eigenvalue weighted by Crippen LogP contribution is 2.34. The first-order valence-corrected chi connectivity index (χ1v) is 9.59. The second-order valence-electron chi connectivity index (χ2n) is 7.35. The van der Waals surface area contributed by atoms with Crippen molar-refractivity contribution < 1.29 is 24.2 Å². The van der Waals surface area contributed by atoms with Crippen molar-refractivity contribution in [3.63, 3.8) is 0 Å². The summed E-state index contributed by atoms with van der Waals surface area (Å²) >= 11 is 0. The maximum Gasteiger partial charge on any atom is 0.289 e. The fraction of sp³-hybridized carbons (Fsp3) is 0.0909. The van der Waals surface area contributed by atoms with Gasteiger partial charge in [0, 0.05) is 17.8 Å². The third kappa shape index (κ3) is 4.06. The number of aromatic hydroxyl groups is 1. The average molecular weight is 448 g/mol. The van der Waals surface area contributed by atoms with Gasteiger partial charge in [0.05, 0.1) is 21.5 Å². The molecule has 0 bridgehead atoms. The number of nitrogens with zero attached hydrogens (tertiary/aromatic N) is 3. The molecule has 0 fully saturated rings. The van der Waals surface area contributed by atoms with Gasteiger partial charge >= 0.3 is 0 Å². The Kier molecular flexibility index (Phi) is 5.22. The van der Waals surface area contributed by atoms with E-state index in [-0.39, 0.29) is 22.9 Å². The van der Waals surface area contributed by atoms with Gasteiger partial charge < -0.3 is 14.8 Å². The molecule has 0 aliphatic carbocycles. The zero-order valence-corrected chi connectivity index (χ0v) is 17.4. The minimum atomic E-state index is -0.876. The van der Waals surface area contributed by atoms with Gasteiger partial charge in [0.2, 0.25) is 5.89 Å². The molecule has 0 unspecified atom stereocenters. The van der Waals surface area contributed by atoms with Crippen molar-refractivity contribution in [3.8, 4) is 17.2 Å². The SMILES string of the molecule is Cc1cc(C)c2oc(-c3ccc(NC(=O)c4ccc([N+](=O)[O-])cc4[N+](=O)[O-])cc3O)nc2c1. The summed E-state index contributed by atoms with van der Waals surface area (Å²) in [5.41, 5.74) is 2.02. The van der Waals surface area contributed by atoms with E-state index in [0.717, 1.165) is 23.3 Å². The quantitative estimate of drug-likeness (QED) is 0.322. The summed E-state index contributed by atoms with van der Waals surface area (Å²) in [6.45, 7) is 3.82. The van der Waals surface area contributed by atoms with Gasteiger partial charge in [-0.05, 0) is 49.2 Å². The number of nitro benzene ring substituents is 2. The largest absolute Gasteiger partial charge is 0.507 e. The van der Waals surface area contributed by atoms with Crippen LogP contribution < -0.4 is 5.32 Å². The highest BCUT2D eigenvalue weighted by Gasteiger charge is 2.24. The van der Waals surface area contributed by atoms with Crippen LogP contribution in [0.5, 0.6) is 5.75 Å². The van der Waals surface area contributed by atoms with Crippen LogP contribution in [-0.4, -0.2) is 25.8 Å². The number of anilines is 1. The van der Waals surface area contributed by atoms with Crippen LogP contribution in [0.1, 0.15) is 21.5 Å². The van der Waals surface area contributed by atoms with Gasteiger partial charge in [-0.3, -0.25) is 25.0 Å². The van der Waals surface area contributed by atoms with Gasteiger partial charge in [-0.25, -0.2) is 4.98 Å². The second kappa shape index (κ2) is 8.04. The fourth-order valence-corrected chi connectivity index (χ4v) is 3.46. The van der Waals surface area contributed by atoms with Crippen LogP contribution in [0.25, 0.3) is 22.6 Å². The molecule has 0 aliphatic rings. The predicted molar refractivity (Wildman–Crippen MR) is 118 cm³/mol. The van der Waals surface area contributed by atoms with Crippen molar-refractivity contribution >= 4 is 34.1 Å². The Morgan fingerprint density at radius 2 is 1.79 bits per heavy atom. The summed E-state index contributed by atoms with van der Waals surface area (Å²) in [6.07, 6.45) is 0. The molecule has 11 heteroatoms. The van der Waals surface area contributed by atoms with Crippen molar-refractivity contribution in [1.82, 2.24) is 4.98 Å². The van der Waals surface area contributed by atoms with E-state index in [1.165, 1.54) is 18.2 Å². The van der Waals surface area contributed by atoms with Crippen molar-refractivity contribution in [2.45, 2.75) is 13.8 Å². The summed E-state index contributed by atoms with van der Waals surface area (Å²) in [4.78, 5) is 37.5. The molecule has 4 rings (SSSR count). The lowest BCUT2D eigenvalue weighted by Gasteiger charge is -2.08. The minimum absolute atomic E-state index is 0.150. The van der Waals surface area contributed by atoms with E-state index in [9.17, 15) is 30.1 Å². The number of aryl methyl sites for hydroxylation is 2. The number of aromatic nitrogens is 1. The van der Waals surface area contributed by atoms with Gasteiger partial charge in [-0.2, -0.15) is 0 Å². The zero-order chi connectivity index (χ0) is 23.9. The van der Waals surface area contributed by atoms with E-state index in [1.807, 2.05) is 26.0 Å². The van der Waals surface area contributed by atoms with Crippen LogP contribution in [-0.2, 0) is 0 Å². The van der Waals surface area contributed by atoms with Crippen molar-refractivity contribution in [3.05, 3.63) is 85.4 Å². The number of oxazole rings is 1. The third-order valence-electron chi connectivity index (χ3n) is 4.94. The van der Waals surface area contributed by atoms with Crippen molar-refractivity contribution in [2.75, 3.05) is 5.32 Å². The number of fused-ring (bicyclic) bond motifs is 1. The maximum absolute atomic E-state index is 12.6. The van der Waals surface area contributed by atoms with E-state index >= 15 is 0 Å². The Hall–Kier alpha value is -4.80. The number of hydrogen-bond acceptors (Lipinski definition) is 8. The Balaban J connectivity index is 1.63. The lowest BCUT2D eigenvalue weighted by atomic mass is 10.1. The number of non-ortho nitro benzene ring substituents is 1. The summed E-state index contributed by atoms with van der Waals surface area (Å²) in [5.74, 6) is -0.899. The summed E-state index contributed by atoms with van der Waals surface area (Å²) in [5, 5.41) is 35.1. The fourth-order valence-electron chi connectivity index (χ4n) is 3.46. The smallest absolute Gasteiger partial charge is 0.289 e. The number of phenols is 1. The number of phenolic OH excluding ortho intramolecular Hbond substituents is 1. The van der Waals surface area contributed by atoms with Crippen LogP contribution in [0, 0.1) is 34.1 Å². The van der Waals surface area contributed by atoms with Gasteiger partial charge in [-0.15, -0.1) is 0 Å². The Morgan fingerprint density at radius 1 is 1.03 bits per heavy atom. The summed E-state index contributed by atoms with van der Waals surface area (Å²) in [7, 11) is 0. The zero-order valence-electron chi connectivity index (χ0n) is 17.4. The number of carbonyl (C=O) groups excluding carboxylic acids is 1. The molecule has 0 saturated carbocycles. The first-order valence-electron chi connectivity index (χ1n) is 9.59. The first kappa shape index (κ1) is 21.4. The number of carbonyl (C=O) groups is 1. The molecule has 0 spiro atoms. The highest BCUT2D eigenvalue weighted by atomic mass is 16.6. The first-order chi connectivity index (χ1) is 15.6. The van der Waals surface area contributed by atoms with Gasteiger partial charge in [-0.1, -0.05) is 6.07 Å². The van der Waals surface area contributed by atoms with E-state index in [4.69, 9.17) is 4.42 Å². The normalized spacial score (nSPS) is 10.8. The third-order valence-corrected chi connectivity index (χ3v) is 4.94. The molecule has 3 aromatic carbocycles. The van der Waals surface area contributed by atoms with E-state index in [1.54, 1.807) is 0 Å². The van der Waals surface area contributed by atoms with Crippen molar-refractivity contribution in [1.29, 1.82) is 0 Å². The number of hydrogen-bond donors (Lipinski definition) is 2. The number of nitrogens with one attached hydrogen (secondary N) is 1. The molecule has 166 valence electrons. The molecule has 4 aromatic rings. The Bertz CT molecular complexity index is 1460. The van der Waals surface area contributed by atoms with Crippen LogP contribution in [0.4, 0.5) is 17.1 Å². The second-order valence-corrected chi connectivity index (χ2v) is 7.35. The average Bonchev–Trinajstić information content (AvgIpc) is 3.17. The molecular weight excluding hydrogens is 432 g/mol. The molecule has 2 N–H and O–H groups in total. The molecule has 1 amide bonds. The topological polar surface area (TPSA) is 162 Å². The number of nitro groups is 2. The van der Waals surface area contributed by atoms with Crippen LogP contribution >= 0.6 is 0 Å². The number of amides is 1. The van der Waals surface area contributed by atoms with Gasteiger partial charge in [0.15, 0.2) is 5.58 Å². The minimum Gasteiger partial charge on any atom is -0.507 e. The van der Waals surface area contributed by atoms with E-state index in [0.29, 0.717) is 22.7 Å². The molecule has 0 saturated heterocycles. The Labute approximate surface area is 185 Å². The Morgan fingerprint density at radius 3 is 2.45 bits per heavy atom. The molecule has 0 aliphatic heterocycles. The van der Waals surface area contributed by atoms with Gasteiger partial charge in [0.1, 0.15) is 16.8 Å². The number of benzene rings is 3. The molecule has 11 nitrogen and oxygen atoms in total. The number of rotatable bonds is 5. The monoisotopic (exact) mass is 448 g/mol.